The number of hydrazine groups is 1. The van der Waals surface area contributed by atoms with Crippen LogP contribution < -0.4 is 10.9 Å². The van der Waals surface area contributed by atoms with Gasteiger partial charge in [0.05, 0.1) is 0 Å². The Bertz CT molecular complexity index is 532. The van der Waals surface area contributed by atoms with Crippen LogP contribution >= 0.6 is 0 Å². The second kappa shape index (κ2) is 6.05. The molecular weight excluding hydrogens is 256 g/mol. The summed E-state index contributed by atoms with van der Waals surface area (Å²) in [6.45, 7) is 0. The molecule has 8 heteroatoms. The van der Waals surface area contributed by atoms with Gasteiger partial charge in [0.25, 0.3) is 11.8 Å². The summed E-state index contributed by atoms with van der Waals surface area (Å²) < 4.78 is 0. The molecule has 0 radical (unpaired) electrons. The van der Waals surface area contributed by atoms with Crippen molar-refractivity contribution in [2.75, 3.05) is 0 Å². The van der Waals surface area contributed by atoms with E-state index in [0.29, 0.717) is 12.2 Å². The third kappa shape index (κ3) is 4.77. The Hall–Kier alpha value is -3.03. The summed E-state index contributed by atoms with van der Waals surface area (Å²) in [5.74, 6) is -3.58. The van der Waals surface area contributed by atoms with E-state index in [-0.39, 0.29) is 17.1 Å². The van der Waals surface area contributed by atoms with Crippen molar-refractivity contribution in [2.24, 2.45) is 0 Å². The van der Waals surface area contributed by atoms with Crippen LogP contribution in [-0.4, -0.2) is 33.1 Å². The normalized spacial score (nSPS) is 10.1. The van der Waals surface area contributed by atoms with Gasteiger partial charge in [0.2, 0.25) is 0 Å². The van der Waals surface area contributed by atoms with Crippen LogP contribution in [0.15, 0.2) is 30.4 Å². The number of carboxylic acids is 1. The van der Waals surface area contributed by atoms with Gasteiger partial charge in [-0.3, -0.25) is 20.4 Å². The molecule has 0 unspecified atom stereocenters. The average molecular weight is 266 g/mol. The quantitative estimate of drug-likeness (QED) is 0.369. The average Bonchev–Trinajstić information content (AvgIpc) is 2.32. The van der Waals surface area contributed by atoms with Gasteiger partial charge in [-0.05, 0) is 12.1 Å². The van der Waals surface area contributed by atoms with E-state index in [1.807, 2.05) is 10.9 Å². The zero-order valence-corrected chi connectivity index (χ0v) is 9.45. The lowest BCUT2D eigenvalue weighted by molar-refractivity contribution is -0.131. The maximum absolute atomic E-state index is 11.5. The van der Waals surface area contributed by atoms with E-state index < -0.39 is 17.8 Å². The van der Waals surface area contributed by atoms with E-state index in [1.54, 1.807) is 0 Å². The highest BCUT2D eigenvalue weighted by molar-refractivity contribution is 5.98. The summed E-state index contributed by atoms with van der Waals surface area (Å²) in [6.07, 6.45) is 1.31. The lowest BCUT2D eigenvalue weighted by Gasteiger charge is -2.06. The highest BCUT2D eigenvalue weighted by Gasteiger charge is 2.08. The lowest BCUT2D eigenvalue weighted by atomic mass is 10.2. The molecule has 1 aromatic rings. The minimum absolute atomic E-state index is 0.0833. The Kier molecular flexibility index (Phi) is 4.47. The summed E-state index contributed by atoms with van der Waals surface area (Å²) in [6, 6.07) is 3.19. The number of amides is 2. The standard InChI is InChI=1S/C11H10N2O6/c14-7-3-6(4-8(15)5-7)11(19)13-12-9(16)1-2-10(17)18/h1-5,14-15H,(H,12,16)(H,13,19)(H,17,18)/b2-1+. The number of carboxylic acid groups (broad SMARTS) is 1. The van der Waals surface area contributed by atoms with E-state index in [9.17, 15) is 14.4 Å². The van der Waals surface area contributed by atoms with Gasteiger partial charge in [-0.15, -0.1) is 0 Å². The molecule has 0 aromatic heterocycles. The smallest absolute Gasteiger partial charge is 0.328 e. The van der Waals surface area contributed by atoms with Crippen molar-refractivity contribution in [3.05, 3.63) is 35.9 Å². The first kappa shape index (κ1) is 14.0. The van der Waals surface area contributed by atoms with Crippen LogP contribution in [0.4, 0.5) is 0 Å². The van der Waals surface area contributed by atoms with E-state index in [1.165, 1.54) is 0 Å². The van der Waals surface area contributed by atoms with Crippen molar-refractivity contribution in [3.8, 4) is 11.5 Å². The van der Waals surface area contributed by atoms with Crippen LogP contribution in [0, 0.1) is 0 Å². The van der Waals surface area contributed by atoms with Crippen LogP contribution in [0.5, 0.6) is 11.5 Å². The number of benzene rings is 1. The molecular formula is C11H10N2O6. The van der Waals surface area contributed by atoms with E-state index in [2.05, 4.69) is 0 Å². The van der Waals surface area contributed by atoms with E-state index >= 15 is 0 Å². The Morgan fingerprint density at radius 3 is 2.05 bits per heavy atom. The summed E-state index contributed by atoms with van der Waals surface area (Å²) in [7, 11) is 0. The molecule has 0 aliphatic rings. The van der Waals surface area contributed by atoms with Crippen molar-refractivity contribution in [1.29, 1.82) is 0 Å². The number of rotatable bonds is 3. The van der Waals surface area contributed by atoms with Crippen LogP contribution in [0.3, 0.4) is 0 Å². The number of nitrogens with one attached hydrogen (secondary N) is 2. The maximum Gasteiger partial charge on any atom is 0.328 e. The lowest BCUT2D eigenvalue weighted by Crippen LogP contribution is -2.40. The van der Waals surface area contributed by atoms with E-state index in [0.717, 1.165) is 18.2 Å². The summed E-state index contributed by atoms with van der Waals surface area (Å²) in [4.78, 5) is 32.7. The van der Waals surface area contributed by atoms with E-state index in [4.69, 9.17) is 15.3 Å². The molecule has 1 rings (SSSR count). The molecule has 0 bridgehead atoms. The van der Waals surface area contributed by atoms with Gasteiger partial charge in [-0.1, -0.05) is 0 Å². The summed E-state index contributed by atoms with van der Waals surface area (Å²) in [5, 5.41) is 26.6. The van der Waals surface area contributed by atoms with Crippen molar-refractivity contribution < 1.29 is 29.7 Å². The van der Waals surface area contributed by atoms with Gasteiger partial charge in [0.1, 0.15) is 11.5 Å². The fraction of sp³-hybridized carbons (Fsp3) is 0. The van der Waals surface area contributed by atoms with Gasteiger partial charge in [-0.2, -0.15) is 0 Å². The first-order valence-electron chi connectivity index (χ1n) is 4.93. The fourth-order valence-electron chi connectivity index (χ4n) is 1.11. The van der Waals surface area contributed by atoms with Gasteiger partial charge >= 0.3 is 5.97 Å². The van der Waals surface area contributed by atoms with Crippen LogP contribution in [0.25, 0.3) is 0 Å². The minimum Gasteiger partial charge on any atom is -0.508 e. The Balaban J connectivity index is 2.60. The van der Waals surface area contributed by atoms with Crippen LogP contribution in [-0.2, 0) is 9.59 Å². The highest BCUT2D eigenvalue weighted by Crippen LogP contribution is 2.19. The van der Waals surface area contributed by atoms with Gasteiger partial charge < -0.3 is 15.3 Å². The van der Waals surface area contributed by atoms with Gasteiger partial charge in [0.15, 0.2) is 0 Å². The Morgan fingerprint density at radius 2 is 1.53 bits per heavy atom. The molecule has 5 N–H and O–H groups in total. The first-order chi connectivity index (χ1) is 8.88. The molecule has 1 aromatic carbocycles. The largest absolute Gasteiger partial charge is 0.508 e. The minimum atomic E-state index is -1.31. The second-order valence-corrected chi connectivity index (χ2v) is 3.35. The van der Waals surface area contributed by atoms with Crippen molar-refractivity contribution in [3.63, 3.8) is 0 Å². The number of phenolic OH excluding ortho intramolecular Hbond substituents is 2. The summed E-state index contributed by atoms with van der Waals surface area (Å²) in [5.41, 5.74) is 3.81. The molecule has 0 spiro atoms. The molecule has 0 aliphatic heterocycles. The zero-order chi connectivity index (χ0) is 14.4. The van der Waals surface area contributed by atoms with Crippen LogP contribution in [0.2, 0.25) is 0 Å². The number of phenols is 2. The molecule has 0 aliphatic carbocycles. The number of aromatic hydroxyl groups is 2. The monoisotopic (exact) mass is 266 g/mol. The predicted molar refractivity (Wildman–Crippen MR) is 62.2 cm³/mol. The third-order valence-electron chi connectivity index (χ3n) is 1.84. The Morgan fingerprint density at radius 1 is 0.947 bits per heavy atom. The zero-order valence-electron chi connectivity index (χ0n) is 9.45. The molecule has 0 atom stereocenters. The summed E-state index contributed by atoms with van der Waals surface area (Å²) >= 11 is 0. The number of hydrogen-bond donors (Lipinski definition) is 5. The Labute approximate surface area is 107 Å². The van der Waals surface area contributed by atoms with Crippen LogP contribution in [0.1, 0.15) is 10.4 Å². The molecule has 2 amide bonds. The topological polar surface area (TPSA) is 136 Å². The number of hydrogen-bond acceptors (Lipinski definition) is 5. The molecule has 0 saturated carbocycles. The number of carbonyl (C=O) groups is 3. The molecule has 8 nitrogen and oxygen atoms in total. The maximum atomic E-state index is 11.5. The molecule has 0 saturated heterocycles. The van der Waals surface area contributed by atoms with Gasteiger partial charge in [0, 0.05) is 23.8 Å². The van der Waals surface area contributed by atoms with Gasteiger partial charge in [-0.25, -0.2) is 4.79 Å². The predicted octanol–water partition coefficient (Wildman–Crippen LogP) is -0.500. The SMILES string of the molecule is O=C(O)/C=C/C(=O)NNC(=O)c1cc(O)cc(O)c1. The third-order valence-corrected chi connectivity index (χ3v) is 1.84. The van der Waals surface area contributed by atoms with Crippen molar-refractivity contribution in [1.82, 2.24) is 10.9 Å². The fourth-order valence-corrected chi connectivity index (χ4v) is 1.11. The van der Waals surface area contributed by atoms with Crippen molar-refractivity contribution >= 4 is 17.8 Å². The second-order valence-electron chi connectivity index (χ2n) is 3.35. The number of carbonyl (C=O) groups excluding carboxylic acids is 2. The molecule has 0 heterocycles. The highest BCUT2D eigenvalue weighted by atomic mass is 16.4. The number of aliphatic carboxylic acids is 1. The molecule has 0 fully saturated rings. The van der Waals surface area contributed by atoms with Crippen molar-refractivity contribution in [2.45, 2.75) is 0 Å². The first-order valence-corrected chi connectivity index (χ1v) is 4.93. The molecule has 100 valence electrons. The molecule has 19 heavy (non-hydrogen) atoms.